The Hall–Kier alpha value is -1.09. The summed E-state index contributed by atoms with van der Waals surface area (Å²) < 4.78 is 17.6. The second kappa shape index (κ2) is 4.82. The van der Waals surface area contributed by atoms with Gasteiger partial charge in [0.2, 0.25) is 0 Å². The maximum absolute atomic E-state index is 12.5. The smallest absolute Gasteiger partial charge is 0.138 e. The normalized spacial score (nSPS) is 9.69. The molecule has 0 amide bonds. The second-order valence-corrected chi connectivity index (χ2v) is 2.79. The van der Waals surface area contributed by atoms with E-state index in [2.05, 4.69) is 0 Å². The summed E-state index contributed by atoms with van der Waals surface area (Å²) in [5.41, 5.74) is 0. The average molecular weight is 203 g/mol. The Kier molecular flexibility index (Phi) is 3.71. The van der Waals surface area contributed by atoms with E-state index >= 15 is 0 Å². The fourth-order valence-corrected chi connectivity index (χ4v) is 1.03. The van der Waals surface area contributed by atoms with Gasteiger partial charge in [0.25, 0.3) is 0 Å². The summed E-state index contributed by atoms with van der Waals surface area (Å²) in [6, 6.07) is 3.85. The van der Waals surface area contributed by atoms with Crippen molar-refractivity contribution in [2.24, 2.45) is 0 Å². The van der Waals surface area contributed by atoms with Crippen molar-refractivity contribution in [3.63, 3.8) is 0 Å². The summed E-state index contributed by atoms with van der Waals surface area (Å²) in [4.78, 5) is 9.96. The van der Waals surface area contributed by atoms with Crippen LogP contribution in [0.15, 0.2) is 18.2 Å². The summed E-state index contributed by atoms with van der Waals surface area (Å²) >= 11 is 5.66. The first kappa shape index (κ1) is 9.99. The number of aldehydes is 1. The maximum Gasteiger partial charge on any atom is 0.138 e. The monoisotopic (exact) mass is 202 g/mol. The molecule has 0 spiro atoms. The van der Waals surface area contributed by atoms with Gasteiger partial charge in [0, 0.05) is 6.42 Å². The summed E-state index contributed by atoms with van der Waals surface area (Å²) in [6.45, 7) is 0.259. The highest BCUT2D eigenvalue weighted by atomic mass is 35.5. The molecule has 4 heteroatoms. The molecule has 0 aromatic heterocycles. The molecular formula is C9H8ClFO2. The third-order valence-corrected chi connectivity index (χ3v) is 1.68. The number of hydrogen-bond acceptors (Lipinski definition) is 2. The summed E-state index contributed by atoms with van der Waals surface area (Å²) in [5, 5.41) is 0.214. The van der Waals surface area contributed by atoms with Crippen molar-refractivity contribution in [2.45, 2.75) is 6.42 Å². The van der Waals surface area contributed by atoms with E-state index in [0.29, 0.717) is 12.2 Å². The number of ether oxygens (including phenoxy) is 1. The molecule has 0 aliphatic heterocycles. The molecule has 1 rings (SSSR count). The molecule has 0 heterocycles. The first-order chi connectivity index (χ1) is 6.24. The van der Waals surface area contributed by atoms with Crippen LogP contribution in [0, 0.1) is 5.82 Å². The molecule has 1 aromatic carbocycles. The van der Waals surface area contributed by atoms with E-state index in [0.717, 1.165) is 12.4 Å². The van der Waals surface area contributed by atoms with E-state index in [1.165, 1.54) is 12.1 Å². The largest absolute Gasteiger partial charge is 0.492 e. The molecular weight excluding hydrogens is 195 g/mol. The lowest BCUT2D eigenvalue weighted by atomic mass is 10.3. The van der Waals surface area contributed by atoms with Gasteiger partial charge in [-0.3, -0.25) is 0 Å². The average Bonchev–Trinajstić information content (AvgIpc) is 2.09. The van der Waals surface area contributed by atoms with Crippen molar-refractivity contribution in [3.05, 3.63) is 29.0 Å². The van der Waals surface area contributed by atoms with Crippen LogP contribution in [0.1, 0.15) is 6.42 Å². The third kappa shape index (κ3) is 3.03. The van der Waals surface area contributed by atoms with E-state index in [1.54, 1.807) is 0 Å². The summed E-state index contributed by atoms with van der Waals surface area (Å²) in [6.07, 6.45) is 1.05. The van der Waals surface area contributed by atoms with Crippen LogP contribution in [-0.2, 0) is 4.79 Å². The molecule has 0 aliphatic carbocycles. The number of carbonyl (C=O) groups is 1. The van der Waals surface area contributed by atoms with Crippen molar-refractivity contribution in [3.8, 4) is 5.75 Å². The van der Waals surface area contributed by atoms with Gasteiger partial charge in [-0.25, -0.2) is 4.39 Å². The molecule has 0 atom stereocenters. The Morgan fingerprint density at radius 3 is 2.92 bits per heavy atom. The fraction of sp³-hybridized carbons (Fsp3) is 0.222. The Bertz CT molecular complexity index is 302. The van der Waals surface area contributed by atoms with Gasteiger partial charge in [-0.2, -0.15) is 0 Å². The van der Waals surface area contributed by atoms with Crippen molar-refractivity contribution < 1.29 is 13.9 Å². The predicted molar refractivity (Wildman–Crippen MR) is 47.6 cm³/mol. The van der Waals surface area contributed by atoms with Crippen molar-refractivity contribution in [1.29, 1.82) is 0 Å². The molecule has 70 valence electrons. The van der Waals surface area contributed by atoms with Gasteiger partial charge < -0.3 is 9.53 Å². The maximum atomic E-state index is 12.5. The highest BCUT2D eigenvalue weighted by molar-refractivity contribution is 6.32. The van der Waals surface area contributed by atoms with Gasteiger partial charge >= 0.3 is 0 Å². The lowest BCUT2D eigenvalue weighted by molar-refractivity contribution is -0.108. The topological polar surface area (TPSA) is 26.3 Å². The molecule has 2 nitrogen and oxygen atoms in total. The molecule has 1 aromatic rings. The summed E-state index contributed by atoms with van der Waals surface area (Å²) in [7, 11) is 0. The quantitative estimate of drug-likeness (QED) is 0.554. The van der Waals surface area contributed by atoms with E-state index in [1.807, 2.05) is 0 Å². The molecule has 0 saturated carbocycles. The second-order valence-electron chi connectivity index (χ2n) is 2.38. The predicted octanol–water partition coefficient (Wildman–Crippen LogP) is 2.45. The highest BCUT2D eigenvalue weighted by Crippen LogP contribution is 2.24. The molecule has 13 heavy (non-hydrogen) atoms. The lowest BCUT2D eigenvalue weighted by Crippen LogP contribution is -1.98. The zero-order chi connectivity index (χ0) is 9.68. The lowest BCUT2D eigenvalue weighted by Gasteiger charge is -2.05. The first-order valence-corrected chi connectivity index (χ1v) is 4.13. The van der Waals surface area contributed by atoms with Crippen LogP contribution in [0.4, 0.5) is 4.39 Å². The summed E-state index contributed by atoms with van der Waals surface area (Å²) in [5.74, 6) is -0.0161. The number of benzene rings is 1. The first-order valence-electron chi connectivity index (χ1n) is 3.75. The Morgan fingerprint density at radius 2 is 2.31 bits per heavy atom. The standard InChI is InChI=1S/C9H8ClFO2/c10-8-6-7(11)2-3-9(8)13-5-1-4-12/h2-4,6H,1,5H2. The SMILES string of the molecule is O=CCCOc1ccc(F)cc1Cl. The number of halogens is 2. The van der Waals surface area contributed by atoms with Gasteiger partial charge in [-0.05, 0) is 18.2 Å². The van der Waals surface area contributed by atoms with E-state index < -0.39 is 5.82 Å². The van der Waals surface area contributed by atoms with Crippen LogP contribution in [0.2, 0.25) is 5.02 Å². The Labute approximate surface area is 80.3 Å². The van der Waals surface area contributed by atoms with Crippen LogP contribution < -0.4 is 4.74 Å². The van der Waals surface area contributed by atoms with Crippen molar-refractivity contribution >= 4 is 17.9 Å². The van der Waals surface area contributed by atoms with Gasteiger partial charge in [-0.15, -0.1) is 0 Å². The molecule has 0 unspecified atom stereocenters. The van der Waals surface area contributed by atoms with Crippen LogP contribution >= 0.6 is 11.6 Å². The van der Waals surface area contributed by atoms with Crippen LogP contribution in [0.25, 0.3) is 0 Å². The minimum absolute atomic E-state index is 0.214. The van der Waals surface area contributed by atoms with Crippen LogP contribution in [0.5, 0.6) is 5.75 Å². The van der Waals surface area contributed by atoms with Gasteiger partial charge in [0.05, 0.1) is 11.6 Å². The zero-order valence-corrected chi connectivity index (χ0v) is 7.55. The highest BCUT2D eigenvalue weighted by Gasteiger charge is 2.01. The van der Waals surface area contributed by atoms with Crippen molar-refractivity contribution in [2.75, 3.05) is 6.61 Å². The van der Waals surface area contributed by atoms with E-state index in [4.69, 9.17) is 16.3 Å². The minimum atomic E-state index is -0.410. The minimum Gasteiger partial charge on any atom is -0.492 e. The molecule has 0 bridgehead atoms. The molecule has 0 N–H and O–H groups in total. The Balaban J connectivity index is 2.61. The van der Waals surface area contributed by atoms with Gasteiger partial charge in [0.1, 0.15) is 17.9 Å². The molecule has 0 aliphatic rings. The fourth-order valence-electron chi connectivity index (χ4n) is 0.809. The van der Waals surface area contributed by atoms with Gasteiger partial charge in [-0.1, -0.05) is 11.6 Å². The van der Waals surface area contributed by atoms with Crippen LogP contribution in [-0.4, -0.2) is 12.9 Å². The number of hydrogen-bond donors (Lipinski definition) is 0. The van der Waals surface area contributed by atoms with Crippen molar-refractivity contribution in [1.82, 2.24) is 0 Å². The zero-order valence-electron chi connectivity index (χ0n) is 6.80. The third-order valence-electron chi connectivity index (χ3n) is 1.39. The van der Waals surface area contributed by atoms with Crippen LogP contribution in [0.3, 0.4) is 0 Å². The molecule has 0 saturated heterocycles. The molecule has 0 fully saturated rings. The molecule has 0 radical (unpaired) electrons. The van der Waals surface area contributed by atoms with E-state index in [9.17, 15) is 9.18 Å². The Morgan fingerprint density at radius 1 is 1.54 bits per heavy atom. The van der Waals surface area contributed by atoms with E-state index in [-0.39, 0.29) is 11.6 Å². The number of carbonyl (C=O) groups excluding carboxylic acids is 1. The number of rotatable bonds is 4. The van der Waals surface area contributed by atoms with Gasteiger partial charge in [0.15, 0.2) is 0 Å².